The quantitative estimate of drug-likeness (QED) is 0.867. The molecule has 0 aliphatic carbocycles. The number of nitriles is 1. The van der Waals surface area contributed by atoms with Gasteiger partial charge in [-0.25, -0.2) is 0 Å². The highest BCUT2D eigenvalue weighted by atomic mass is 35.5. The van der Waals surface area contributed by atoms with Crippen molar-refractivity contribution in [2.24, 2.45) is 0 Å². The molecule has 1 saturated heterocycles. The maximum atomic E-state index is 9.06. The van der Waals surface area contributed by atoms with Crippen LogP contribution in [0.25, 0.3) is 0 Å². The normalized spacial score (nSPS) is 18.0. The maximum absolute atomic E-state index is 9.06. The Morgan fingerprint density at radius 3 is 2.58 bits per heavy atom. The molecule has 102 valence electrons. The van der Waals surface area contributed by atoms with Gasteiger partial charge in [0.25, 0.3) is 0 Å². The molecule has 6 heteroatoms. The smallest absolute Gasteiger partial charge is 0.0641 e. The molecule has 19 heavy (non-hydrogen) atoms. The van der Waals surface area contributed by atoms with Gasteiger partial charge in [-0.05, 0) is 17.7 Å². The third-order valence-electron chi connectivity index (χ3n) is 3.26. The van der Waals surface area contributed by atoms with Gasteiger partial charge in [-0.2, -0.15) is 5.26 Å². The molecule has 0 spiro atoms. The molecular formula is C13H14Cl3N3. The van der Waals surface area contributed by atoms with Crippen LogP contribution in [0.3, 0.4) is 0 Å². The molecule has 3 nitrogen and oxygen atoms in total. The summed E-state index contributed by atoms with van der Waals surface area (Å²) >= 11 is 18.4. The number of rotatable bonds is 3. The fraction of sp³-hybridized carbons (Fsp3) is 0.462. The lowest BCUT2D eigenvalue weighted by Crippen LogP contribution is -2.45. The highest BCUT2D eigenvalue weighted by Gasteiger charge is 2.25. The molecule has 0 radical (unpaired) electrons. The first-order chi connectivity index (χ1) is 9.13. The fourth-order valence-electron chi connectivity index (χ4n) is 2.33. The van der Waals surface area contributed by atoms with Crippen molar-refractivity contribution in [1.29, 1.82) is 5.26 Å². The second kappa shape index (κ2) is 6.78. The Morgan fingerprint density at radius 2 is 1.95 bits per heavy atom. The Morgan fingerprint density at radius 1 is 1.26 bits per heavy atom. The van der Waals surface area contributed by atoms with Gasteiger partial charge in [0.2, 0.25) is 0 Å². The first-order valence-electron chi connectivity index (χ1n) is 6.09. The number of hydrogen-bond acceptors (Lipinski definition) is 3. The van der Waals surface area contributed by atoms with Gasteiger partial charge in [0.05, 0.1) is 22.5 Å². The molecule has 1 aliphatic rings. The molecule has 0 saturated carbocycles. The van der Waals surface area contributed by atoms with Gasteiger partial charge in [0, 0.05) is 37.2 Å². The lowest BCUT2D eigenvalue weighted by atomic mass is 10.0. The van der Waals surface area contributed by atoms with E-state index in [1.165, 1.54) is 0 Å². The van der Waals surface area contributed by atoms with Gasteiger partial charge < -0.3 is 5.32 Å². The van der Waals surface area contributed by atoms with E-state index in [2.05, 4.69) is 16.3 Å². The molecular weight excluding hydrogens is 305 g/mol. The van der Waals surface area contributed by atoms with Crippen molar-refractivity contribution in [3.05, 3.63) is 32.8 Å². The predicted molar refractivity (Wildman–Crippen MR) is 78.9 cm³/mol. The monoisotopic (exact) mass is 317 g/mol. The first kappa shape index (κ1) is 14.9. The van der Waals surface area contributed by atoms with Crippen LogP contribution in [0.15, 0.2) is 12.1 Å². The van der Waals surface area contributed by atoms with Crippen molar-refractivity contribution >= 4 is 34.8 Å². The molecule has 1 aliphatic heterocycles. The van der Waals surface area contributed by atoms with Crippen LogP contribution >= 0.6 is 34.8 Å². The van der Waals surface area contributed by atoms with E-state index < -0.39 is 0 Å². The molecule has 0 amide bonds. The van der Waals surface area contributed by atoms with E-state index in [4.69, 9.17) is 40.1 Å². The summed E-state index contributed by atoms with van der Waals surface area (Å²) in [6.07, 6.45) is 0.371. The van der Waals surface area contributed by atoms with Crippen LogP contribution in [0.1, 0.15) is 18.0 Å². The van der Waals surface area contributed by atoms with Crippen molar-refractivity contribution in [3.8, 4) is 6.07 Å². The molecule has 0 bridgehead atoms. The predicted octanol–water partition coefficient (Wildman–Crippen LogP) is 3.51. The van der Waals surface area contributed by atoms with Crippen LogP contribution in [-0.2, 0) is 0 Å². The summed E-state index contributed by atoms with van der Waals surface area (Å²) in [5, 5.41) is 13.8. The molecule has 1 aromatic rings. The van der Waals surface area contributed by atoms with E-state index in [0.29, 0.717) is 21.5 Å². The van der Waals surface area contributed by atoms with Crippen molar-refractivity contribution in [2.75, 3.05) is 26.2 Å². The zero-order valence-electron chi connectivity index (χ0n) is 10.3. The Kier molecular flexibility index (Phi) is 5.32. The molecule has 1 fully saturated rings. The van der Waals surface area contributed by atoms with Gasteiger partial charge in [0.1, 0.15) is 0 Å². The van der Waals surface area contributed by atoms with Crippen molar-refractivity contribution in [2.45, 2.75) is 12.5 Å². The van der Waals surface area contributed by atoms with E-state index in [1.54, 1.807) is 12.1 Å². The van der Waals surface area contributed by atoms with Gasteiger partial charge >= 0.3 is 0 Å². The van der Waals surface area contributed by atoms with Crippen LogP contribution in [-0.4, -0.2) is 31.1 Å². The number of nitrogens with one attached hydrogen (secondary N) is 1. The molecule has 0 unspecified atom stereocenters. The largest absolute Gasteiger partial charge is 0.314 e. The first-order valence-corrected chi connectivity index (χ1v) is 7.23. The van der Waals surface area contributed by atoms with Gasteiger partial charge in [-0.3, -0.25) is 4.90 Å². The third kappa shape index (κ3) is 3.53. The standard InChI is InChI=1S/C13H14Cl3N3/c14-9-7-10(13(16)11(15)8-9)12(1-2-17)19-5-3-18-4-6-19/h7-8,12,18H,1,3-6H2/t12-/m1/s1. The Hall–Kier alpha value is -0.500. The Labute approximate surface area is 128 Å². The summed E-state index contributed by atoms with van der Waals surface area (Å²) in [7, 11) is 0. The van der Waals surface area contributed by atoms with Crippen molar-refractivity contribution in [3.63, 3.8) is 0 Å². The maximum Gasteiger partial charge on any atom is 0.0641 e. The van der Waals surface area contributed by atoms with E-state index in [9.17, 15) is 0 Å². The number of nitrogens with zero attached hydrogens (tertiary/aromatic N) is 2. The highest BCUT2D eigenvalue weighted by Crippen LogP contribution is 2.37. The van der Waals surface area contributed by atoms with Crippen LogP contribution in [0, 0.1) is 11.3 Å². The molecule has 0 aromatic heterocycles. The fourth-order valence-corrected chi connectivity index (χ4v) is 3.08. The summed E-state index contributed by atoms with van der Waals surface area (Å²) in [6.45, 7) is 3.58. The molecule has 1 aromatic carbocycles. The summed E-state index contributed by atoms with van der Waals surface area (Å²) in [5.41, 5.74) is 0.836. The van der Waals surface area contributed by atoms with E-state index in [-0.39, 0.29) is 6.04 Å². The highest BCUT2D eigenvalue weighted by molar-refractivity contribution is 6.43. The number of benzene rings is 1. The average Bonchev–Trinajstić information content (AvgIpc) is 2.41. The minimum absolute atomic E-state index is 0.0594. The topological polar surface area (TPSA) is 39.1 Å². The van der Waals surface area contributed by atoms with Gasteiger partial charge in [0.15, 0.2) is 0 Å². The minimum atomic E-state index is -0.0594. The number of piperazine rings is 1. The Bertz CT molecular complexity index is 493. The number of hydrogen-bond donors (Lipinski definition) is 1. The SMILES string of the molecule is N#CC[C@H](c1cc(Cl)cc(Cl)c1Cl)N1CCNCC1. The molecule has 1 heterocycles. The summed E-state index contributed by atoms with van der Waals surface area (Å²) in [6, 6.07) is 5.59. The van der Waals surface area contributed by atoms with E-state index >= 15 is 0 Å². The zero-order valence-corrected chi connectivity index (χ0v) is 12.6. The second-order valence-electron chi connectivity index (χ2n) is 4.45. The van der Waals surface area contributed by atoms with Crippen molar-refractivity contribution < 1.29 is 0 Å². The lowest BCUT2D eigenvalue weighted by molar-refractivity contribution is 0.175. The van der Waals surface area contributed by atoms with E-state index in [0.717, 1.165) is 31.7 Å². The van der Waals surface area contributed by atoms with Crippen LogP contribution in [0.4, 0.5) is 0 Å². The molecule has 2 rings (SSSR count). The number of halogens is 3. The Balaban J connectivity index is 2.35. The lowest BCUT2D eigenvalue weighted by Gasteiger charge is -2.34. The van der Waals surface area contributed by atoms with E-state index in [1.807, 2.05) is 0 Å². The summed E-state index contributed by atoms with van der Waals surface area (Å²) < 4.78 is 0. The van der Waals surface area contributed by atoms with Gasteiger partial charge in [-0.15, -0.1) is 0 Å². The van der Waals surface area contributed by atoms with Crippen molar-refractivity contribution in [1.82, 2.24) is 10.2 Å². The second-order valence-corrected chi connectivity index (χ2v) is 5.68. The van der Waals surface area contributed by atoms with Crippen LogP contribution in [0.5, 0.6) is 0 Å². The summed E-state index contributed by atoms with van der Waals surface area (Å²) in [5.74, 6) is 0. The molecule has 1 atom stereocenters. The van der Waals surface area contributed by atoms with Gasteiger partial charge in [-0.1, -0.05) is 34.8 Å². The minimum Gasteiger partial charge on any atom is -0.314 e. The molecule has 1 N–H and O–H groups in total. The zero-order chi connectivity index (χ0) is 13.8. The third-order valence-corrected chi connectivity index (χ3v) is 4.29. The van der Waals surface area contributed by atoms with Crippen LogP contribution in [0.2, 0.25) is 15.1 Å². The van der Waals surface area contributed by atoms with Crippen LogP contribution < -0.4 is 5.32 Å². The summed E-state index contributed by atoms with van der Waals surface area (Å²) in [4.78, 5) is 2.24. The average molecular weight is 319 g/mol.